The fourth-order valence-electron chi connectivity index (χ4n) is 4.11. The highest BCUT2D eigenvalue weighted by atomic mass is 35.5. The third-order valence-electron chi connectivity index (χ3n) is 6.31. The second kappa shape index (κ2) is 13.7. The molecule has 0 spiro atoms. The topological polar surface area (TPSA) is 99.6 Å². The van der Waals surface area contributed by atoms with Gasteiger partial charge in [0.2, 0.25) is 15.9 Å². The SMILES string of the molecule is CN(Cc1ccc(C2=NCCN2C(=O)OC(C)(C)C)cc1)C(=O)CCCCN(C)S(=O)(=O)c1ccc(Cl)c(Cl)c1Cl. The molecule has 0 N–H and O–H groups in total. The van der Waals surface area contributed by atoms with Gasteiger partial charge >= 0.3 is 6.09 Å². The second-order valence-electron chi connectivity index (χ2n) is 10.7. The summed E-state index contributed by atoms with van der Waals surface area (Å²) < 4.78 is 32.5. The number of nitrogens with zero attached hydrogens (tertiary/aromatic N) is 4. The Morgan fingerprint density at radius 1 is 1.00 bits per heavy atom. The van der Waals surface area contributed by atoms with Gasteiger partial charge in [-0.1, -0.05) is 59.1 Å². The highest BCUT2D eigenvalue weighted by Gasteiger charge is 2.29. The molecule has 0 bridgehead atoms. The number of hydrogen-bond acceptors (Lipinski definition) is 6. The Morgan fingerprint density at radius 2 is 1.66 bits per heavy atom. The molecule has 0 aliphatic carbocycles. The molecule has 0 unspecified atom stereocenters. The van der Waals surface area contributed by atoms with Crippen molar-refractivity contribution in [1.29, 1.82) is 0 Å². The first-order valence-electron chi connectivity index (χ1n) is 13.1. The molecule has 9 nitrogen and oxygen atoms in total. The fourth-order valence-corrected chi connectivity index (χ4v) is 6.27. The minimum absolute atomic E-state index is 0.0128. The smallest absolute Gasteiger partial charge is 0.416 e. The number of ether oxygens (including phenoxy) is 1. The van der Waals surface area contributed by atoms with Crippen LogP contribution < -0.4 is 0 Å². The first kappa shape index (κ1) is 33.1. The zero-order chi connectivity index (χ0) is 30.5. The zero-order valence-electron chi connectivity index (χ0n) is 23.8. The van der Waals surface area contributed by atoms with Gasteiger partial charge in [-0.05, 0) is 51.3 Å². The molecule has 2 aromatic rings. The summed E-state index contributed by atoms with van der Waals surface area (Å²) in [7, 11) is -0.687. The van der Waals surface area contributed by atoms with Gasteiger partial charge in [-0.3, -0.25) is 14.7 Å². The molecule has 1 aliphatic rings. The van der Waals surface area contributed by atoms with E-state index in [0.29, 0.717) is 38.3 Å². The van der Waals surface area contributed by atoms with Gasteiger partial charge in [0, 0.05) is 39.2 Å². The van der Waals surface area contributed by atoms with E-state index in [-0.39, 0.29) is 38.8 Å². The zero-order valence-corrected chi connectivity index (χ0v) is 26.9. The van der Waals surface area contributed by atoms with Crippen molar-refractivity contribution in [2.24, 2.45) is 4.99 Å². The average Bonchev–Trinajstić information content (AvgIpc) is 3.39. The van der Waals surface area contributed by atoms with Crippen molar-refractivity contribution in [3.8, 4) is 0 Å². The van der Waals surface area contributed by atoms with Crippen LogP contribution in [-0.2, 0) is 26.1 Å². The third-order valence-corrected chi connectivity index (χ3v) is 9.62. The van der Waals surface area contributed by atoms with Crippen LogP contribution in [0, 0.1) is 0 Å². The van der Waals surface area contributed by atoms with Crippen LogP contribution in [0.15, 0.2) is 46.3 Å². The van der Waals surface area contributed by atoms with Crippen molar-refractivity contribution in [3.63, 3.8) is 0 Å². The van der Waals surface area contributed by atoms with Crippen LogP contribution in [0.1, 0.15) is 51.2 Å². The van der Waals surface area contributed by atoms with Gasteiger partial charge in [0.15, 0.2) is 0 Å². The van der Waals surface area contributed by atoms with E-state index in [1.54, 1.807) is 11.9 Å². The molecule has 224 valence electrons. The van der Waals surface area contributed by atoms with E-state index in [2.05, 4.69) is 4.99 Å². The van der Waals surface area contributed by atoms with Crippen LogP contribution in [0.3, 0.4) is 0 Å². The summed E-state index contributed by atoms with van der Waals surface area (Å²) in [5.74, 6) is 0.520. The maximum absolute atomic E-state index is 12.9. The summed E-state index contributed by atoms with van der Waals surface area (Å²) in [6.45, 7) is 7.07. The van der Waals surface area contributed by atoms with E-state index < -0.39 is 21.7 Å². The molecule has 3 rings (SSSR count). The Kier molecular flexibility index (Phi) is 11.1. The van der Waals surface area contributed by atoms with E-state index in [4.69, 9.17) is 39.5 Å². The molecule has 1 heterocycles. The summed E-state index contributed by atoms with van der Waals surface area (Å²) in [5.41, 5.74) is 1.13. The van der Waals surface area contributed by atoms with E-state index in [1.807, 2.05) is 45.0 Å². The molecule has 13 heteroatoms. The van der Waals surface area contributed by atoms with E-state index in [9.17, 15) is 18.0 Å². The normalized spacial score (nSPS) is 13.9. The first-order chi connectivity index (χ1) is 19.1. The largest absolute Gasteiger partial charge is 0.443 e. The molecule has 2 aromatic carbocycles. The van der Waals surface area contributed by atoms with Crippen molar-refractivity contribution >= 4 is 62.7 Å². The lowest BCUT2D eigenvalue weighted by Gasteiger charge is -2.25. The van der Waals surface area contributed by atoms with Crippen molar-refractivity contribution < 1.29 is 22.7 Å². The Morgan fingerprint density at radius 3 is 2.29 bits per heavy atom. The molecule has 1 aliphatic heterocycles. The Bertz CT molecular complexity index is 1410. The summed E-state index contributed by atoms with van der Waals surface area (Å²) in [4.78, 5) is 32.8. The number of carbonyl (C=O) groups excluding carboxylic acids is 2. The van der Waals surface area contributed by atoms with Crippen molar-refractivity contribution in [2.75, 3.05) is 33.7 Å². The summed E-state index contributed by atoms with van der Waals surface area (Å²) in [5, 5.41) is 0.0403. The van der Waals surface area contributed by atoms with E-state index >= 15 is 0 Å². The molecule has 0 saturated carbocycles. The number of hydrogen-bond donors (Lipinski definition) is 0. The van der Waals surface area contributed by atoms with E-state index in [0.717, 1.165) is 11.1 Å². The molecule has 0 aromatic heterocycles. The predicted octanol–water partition coefficient (Wildman–Crippen LogP) is 6.09. The van der Waals surface area contributed by atoms with Gasteiger partial charge in [0.05, 0.1) is 28.2 Å². The van der Waals surface area contributed by atoms with Gasteiger partial charge in [-0.25, -0.2) is 17.5 Å². The van der Waals surface area contributed by atoms with Crippen molar-refractivity contribution in [2.45, 2.75) is 57.1 Å². The van der Waals surface area contributed by atoms with Crippen LogP contribution >= 0.6 is 34.8 Å². The third kappa shape index (κ3) is 8.58. The predicted molar refractivity (Wildman–Crippen MR) is 162 cm³/mol. The number of amidine groups is 1. The van der Waals surface area contributed by atoms with Gasteiger partial charge in [0.1, 0.15) is 16.3 Å². The van der Waals surface area contributed by atoms with Crippen molar-refractivity contribution in [1.82, 2.24) is 14.1 Å². The second-order valence-corrected chi connectivity index (χ2v) is 13.9. The van der Waals surface area contributed by atoms with E-state index in [1.165, 1.54) is 28.4 Å². The maximum Gasteiger partial charge on any atom is 0.416 e. The number of carbonyl (C=O) groups is 2. The number of amides is 2. The summed E-state index contributed by atoms with van der Waals surface area (Å²) in [6, 6.07) is 10.3. The highest BCUT2D eigenvalue weighted by molar-refractivity contribution is 7.89. The molecule has 2 amide bonds. The Labute approximate surface area is 257 Å². The van der Waals surface area contributed by atoms with Crippen LogP contribution in [0.5, 0.6) is 0 Å². The average molecular weight is 646 g/mol. The van der Waals surface area contributed by atoms with Gasteiger partial charge in [-0.2, -0.15) is 0 Å². The summed E-state index contributed by atoms with van der Waals surface area (Å²) >= 11 is 18.0. The van der Waals surface area contributed by atoms with Crippen LogP contribution in [0.4, 0.5) is 4.79 Å². The molecular weight excluding hydrogens is 611 g/mol. The Hall–Kier alpha value is -2.37. The van der Waals surface area contributed by atoms with Crippen LogP contribution in [0.2, 0.25) is 15.1 Å². The molecule has 0 radical (unpaired) electrons. The number of rotatable bonds is 10. The standard InChI is InChI=1S/C28H35Cl3N4O5S/c1-28(2,3)40-27(37)35-17-15-32-26(35)20-11-9-19(10-12-20)18-33(4)23(36)8-6-7-16-34(5)41(38,39)22-14-13-21(29)24(30)25(22)31/h9-14H,6-8,15-18H2,1-5H3. The first-order valence-corrected chi connectivity index (χ1v) is 15.7. The number of halogens is 3. The minimum atomic E-state index is -3.87. The molecular formula is C28H35Cl3N4O5S. The van der Waals surface area contributed by atoms with Gasteiger partial charge in [-0.15, -0.1) is 0 Å². The maximum atomic E-state index is 12.9. The number of unbranched alkanes of at least 4 members (excludes halogenated alkanes) is 1. The van der Waals surface area contributed by atoms with Crippen molar-refractivity contribution in [3.05, 3.63) is 62.6 Å². The lowest BCUT2D eigenvalue weighted by atomic mass is 10.1. The van der Waals surface area contributed by atoms with Gasteiger partial charge < -0.3 is 9.64 Å². The quantitative estimate of drug-likeness (QED) is 0.230. The Balaban J connectivity index is 1.48. The molecule has 0 fully saturated rings. The minimum Gasteiger partial charge on any atom is -0.443 e. The van der Waals surface area contributed by atoms with Crippen LogP contribution in [-0.4, -0.2) is 79.7 Å². The number of aliphatic imine (C=N–C) groups is 1. The molecule has 41 heavy (non-hydrogen) atoms. The number of sulfonamides is 1. The molecule has 0 saturated heterocycles. The number of benzene rings is 2. The lowest BCUT2D eigenvalue weighted by Crippen LogP contribution is -2.39. The monoisotopic (exact) mass is 644 g/mol. The lowest BCUT2D eigenvalue weighted by molar-refractivity contribution is -0.130. The fraction of sp³-hybridized carbons (Fsp3) is 0.464. The highest BCUT2D eigenvalue weighted by Crippen LogP contribution is 2.36. The van der Waals surface area contributed by atoms with Gasteiger partial charge in [0.25, 0.3) is 0 Å². The molecule has 0 atom stereocenters. The summed E-state index contributed by atoms with van der Waals surface area (Å²) in [6.07, 6.45) is 0.846. The van der Waals surface area contributed by atoms with Crippen LogP contribution in [0.25, 0.3) is 0 Å².